The van der Waals surface area contributed by atoms with Gasteiger partial charge >= 0.3 is 0 Å². The van der Waals surface area contributed by atoms with Crippen molar-refractivity contribution >= 4 is 10.0 Å². The second kappa shape index (κ2) is 8.50. The maximum absolute atomic E-state index is 12.2. The molecule has 0 bridgehead atoms. The van der Waals surface area contributed by atoms with Crippen molar-refractivity contribution in [3.63, 3.8) is 0 Å². The molecule has 124 valence electrons. The average Bonchev–Trinajstić information content (AvgIpc) is 2.53. The Kier molecular flexibility index (Phi) is 6.67. The van der Waals surface area contributed by atoms with Crippen LogP contribution < -0.4 is 14.4 Å². The Morgan fingerprint density at radius 3 is 2.45 bits per heavy atom. The molecular formula is C16H27N2O3S+. The molecule has 1 aromatic carbocycles. The van der Waals surface area contributed by atoms with Gasteiger partial charge in [-0.25, -0.2) is 13.1 Å². The number of quaternary nitrogens is 1. The van der Waals surface area contributed by atoms with Crippen LogP contribution in [-0.4, -0.2) is 41.2 Å². The summed E-state index contributed by atoms with van der Waals surface area (Å²) in [5.41, 5.74) is 0. The topological polar surface area (TPSA) is 59.8 Å². The molecule has 0 aliphatic carbocycles. The fourth-order valence-corrected chi connectivity index (χ4v) is 3.89. The molecule has 0 spiro atoms. The second-order valence-corrected chi connectivity index (χ2v) is 7.48. The number of ether oxygens (including phenoxy) is 1. The number of hydrogen-bond acceptors (Lipinski definition) is 3. The van der Waals surface area contributed by atoms with Gasteiger partial charge < -0.3 is 9.64 Å². The van der Waals surface area contributed by atoms with Crippen LogP contribution in [0.5, 0.6) is 5.75 Å². The van der Waals surface area contributed by atoms with Crippen LogP contribution in [0.15, 0.2) is 29.2 Å². The number of piperidine rings is 1. The first kappa shape index (κ1) is 17.2. The van der Waals surface area contributed by atoms with E-state index < -0.39 is 10.0 Å². The van der Waals surface area contributed by atoms with Gasteiger partial charge in [-0.2, -0.15) is 0 Å². The standard InChI is InChI=1S/C16H26N2O3S/c1-2-21-15-7-9-16(10-8-15)22(19,20)17-11-6-14-18-12-4-3-5-13-18/h7-10,17H,2-6,11-14H2,1H3/p+1. The van der Waals surface area contributed by atoms with Gasteiger partial charge in [0, 0.05) is 13.0 Å². The first-order valence-corrected chi connectivity index (χ1v) is 9.66. The molecule has 1 heterocycles. The van der Waals surface area contributed by atoms with Crippen molar-refractivity contribution < 1.29 is 18.1 Å². The van der Waals surface area contributed by atoms with Gasteiger partial charge in [0.25, 0.3) is 0 Å². The molecule has 0 saturated carbocycles. The van der Waals surface area contributed by atoms with Crippen LogP contribution in [-0.2, 0) is 10.0 Å². The molecule has 0 amide bonds. The van der Waals surface area contributed by atoms with E-state index in [1.54, 1.807) is 29.2 Å². The zero-order valence-electron chi connectivity index (χ0n) is 13.3. The summed E-state index contributed by atoms with van der Waals surface area (Å²) in [5.74, 6) is 0.690. The molecule has 0 unspecified atom stereocenters. The Morgan fingerprint density at radius 1 is 1.14 bits per heavy atom. The minimum atomic E-state index is -3.41. The Labute approximate surface area is 133 Å². The summed E-state index contributed by atoms with van der Waals surface area (Å²) in [5, 5.41) is 0. The Balaban J connectivity index is 1.77. The molecule has 1 aliphatic heterocycles. The fourth-order valence-electron chi connectivity index (χ4n) is 2.81. The summed E-state index contributed by atoms with van der Waals surface area (Å²) in [7, 11) is -3.41. The molecule has 1 aromatic rings. The molecule has 0 atom stereocenters. The summed E-state index contributed by atoms with van der Waals surface area (Å²) in [6.45, 7) is 6.47. The molecule has 0 aromatic heterocycles. The van der Waals surface area contributed by atoms with Gasteiger partial charge in [0.1, 0.15) is 5.75 Å². The van der Waals surface area contributed by atoms with Gasteiger partial charge in [-0.05, 0) is 50.5 Å². The van der Waals surface area contributed by atoms with Crippen LogP contribution in [0.2, 0.25) is 0 Å². The summed E-state index contributed by atoms with van der Waals surface area (Å²) < 4.78 is 32.4. The minimum absolute atomic E-state index is 0.293. The van der Waals surface area contributed by atoms with Gasteiger partial charge in [-0.1, -0.05) is 0 Å². The second-order valence-electron chi connectivity index (χ2n) is 5.72. The van der Waals surface area contributed by atoms with Crippen LogP contribution in [0.25, 0.3) is 0 Å². The van der Waals surface area contributed by atoms with E-state index in [1.165, 1.54) is 32.4 Å². The van der Waals surface area contributed by atoms with E-state index in [0.717, 1.165) is 13.0 Å². The third-order valence-corrected chi connectivity index (χ3v) is 5.48. The lowest BCUT2D eigenvalue weighted by Crippen LogP contribution is -3.12. The fraction of sp³-hybridized carbons (Fsp3) is 0.625. The Bertz CT molecular complexity index is 537. The number of benzene rings is 1. The van der Waals surface area contributed by atoms with Crippen LogP contribution in [0.1, 0.15) is 32.6 Å². The molecular weight excluding hydrogens is 300 g/mol. The Morgan fingerprint density at radius 2 is 1.82 bits per heavy atom. The van der Waals surface area contributed by atoms with Crippen molar-refractivity contribution in [2.75, 3.05) is 32.8 Å². The van der Waals surface area contributed by atoms with Gasteiger partial charge in [-0.15, -0.1) is 0 Å². The van der Waals surface area contributed by atoms with Gasteiger partial charge in [0.2, 0.25) is 10.0 Å². The lowest BCUT2D eigenvalue weighted by molar-refractivity contribution is -0.904. The van der Waals surface area contributed by atoms with Crippen LogP contribution >= 0.6 is 0 Å². The molecule has 2 rings (SSSR count). The van der Waals surface area contributed by atoms with Crippen molar-refractivity contribution in [2.45, 2.75) is 37.5 Å². The molecule has 1 fully saturated rings. The van der Waals surface area contributed by atoms with E-state index >= 15 is 0 Å². The first-order chi connectivity index (χ1) is 10.6. The van der Waals surface area contributed by atoms with Gasteiger partial charge in [0.15, 0.2) is 0 Å². The molecule has 22 heavy (non-hydrogen) atoms. The van der Waals surface area contributed by atoms with E-state index in [9.17, 15) is 8.42 Å². The lowest BCUT2D eigenvalue weighted by Gasteiger charge is -2.23. The molecule has 5 nitrogen and oxygen atoms in total. The highest BCUT2D eigenvalue weighted by Crippen LogP contribution is 2.15. The lowest BCUT2D eigenvalue weighted by atomic mass is 10.1. The SMILES string of the molecule is CCOc1ccc(S(=O)(=O)NCCC[NH+]2CCCCC2)cc1. The maximum Gasteiger partial charge on any atom is 0.240 e. The average molecular weight is 327 g/mol. The number of hydrogen-bond donors (Lipinski definition) is 2. The third kappa shape index (κ3) is 5.26. The molecule has 0 radical (unpaired) electrons. The molecule has 2 N–H and O–H groups in total. The predicted octanol–water partition coefficient (Wildman–Crippen LogP) is 0.823. The minimum Gasteiger partial charge on any atom is -0.494 e. The summed E-state index contributed by atoms with van der Waals surface area (Å²) >= 11 is 0. The van der Waals surface area contributed by atoms with E-state index in [0.29, 0.717) is 23.8 Å². The number of likely N-dealkylation sites (tertiary alicyclic amines) is 1. The zero-order valence-corrected chi connectivity index (χ0v) is 14.1. The van der Waals surface area contributed by atoms with Crippen LogP contribution in [0.3, 0.4) is 0 Å². The smallest absolute Gasteiger partial charge is 0.240 e. The van der Waals surface area contributed by atoms with E-state index in [-0.39, 0.29) is 0 Å². The summed E-state index contributed by atoms with van der Waals surface area (Å²) in [4.78, 5) is 1.90. The van der Waals surface area contributed by atoms with E-state index in [1.807, 2.05) is 6.92 Å². The number of rotatable bonds is 8. The highest BCUT2D eigenvalue weighted by Gasteiger charge is 2.15. The maximum atomic E-state index is 12.2. The zero-order chi connectivity index (χ0) is 15.8. The largest absolute Gasteiger partial charge is 0.494 e. The Hall–Kier alpha value is -1.11. The van der Waals surface area contributed by atoms with Crippen LogP contribution in [0, 0.1) is 0 Å². The van der Waals surface area contributed by atoms with Crippen molar-refractivity contribution in [3.05, 3.63) is 24.3 Å². The predicted molar refractivity (Wildman–Crippen MR) is 86.8 cm³/mol. The number of nitrogens with one attached hydrogen (secondary N) is 2. The van der Waals surface area contributed by atoms with Gasteiger partial charge in [0.05, 0.1) is 31.1 Å². The number of sulfonamides is 1. The molecule has 1 aliphatic rings. The van der Waals surface area contributed by atoms with Gasteiger partial charge in [-0.3, -0.25) is 0 Å². The molecule has 1 saturated heterocycles. The van der Waals surface area contributed by atoms with Crippen molar-refractivity contribution in [2.24, 2.45) is 0 Å². The quantitative estimate of drug-likeness (QED) is 0.695. The highest BCUT2D eigenvalue weighted by atomic mass is 32.2. The highest BCUT2D eigenvalue weighted by molar-refractivity contribution is 7.89. The van der Waals surface area contributed by atoms with Crippen LogP contribution in [0.4, 0.5) is 0 Å². The van der Waals surface area contributed by atoms with Crippen molar-refractivity contribution in [1.82, 2.24) is 4.72 Å². The normalized spacial score (nSPS) is 16.6. The summed E-state index contributed by atoms with van der Waals surface area (Å²) in [6.07, 6.45) is 4.82. The summed E-state index contributed by atoms with van der Waals surface area (Å²) in [6, 6.07) is 6.55. The monoisotopic (exact) mass is 327 g/mol. The van der Waals surface area contributed by atoms with Crippen molar-refractivity contribution in [1.29, 1.82) is 0 Å². The van der Waals surface area contributed by atoms with E-state index in [2.05, 4.69) is 4.72 Å². The van der Waals surface area contributed by atoms with Crippen molar-refractivity contribution in [3.8, 4) is 5.75 Å². The first-order valence-electron chi connectivity index (χ1n) is 8.18. The molecule has 6 heteroatoms. The third-order valence-electron chi connectivity index (χ3n) is 4.00. The van der Waals surface area contributed by atoms with E-state index in [4.69, 9.17) is 4.74 Å².